The molecule has 0 saturated carbocycles. The molecular formula is C16H16ClN3. The van der Waals surface area contributed by atoms with Crippen molar-refractivity contribution in [2.75, 3.05) is 0 Å². The van der Waals surface area contributed by atoms with Crippen LogP contribution in [0.5, 0.6) is 0 Å². The Kier molecular flexibility index (Phi) is 3.22. The number of hydrogen-bond acceptors (Lipinski definition) is 2. The Labute approximate surface area is 123 Å². The number of aromatic nitrogens is 3. The molecule has 0 radical (unpaired) electrons. The molecule has 0 spiro atoms. The summed E-state index contributed by atoms with van der Waals surface area (Å²) in [4.78, 5) is 9.15. The van der Waals surface area contributed by atoms with Gasteiger partial charge >= 0.3 is 0 Å². The molecule has 1 aromatic carbocycles. The summed E-state index contributed by atoms with van der Waals surface area (Å²) in [5.74, 6) is 1.19. The van der Waals surface area contributed by atoms with Gasteiger partial charge in [-0.2, -0.15) is 0 Å². The van der Waals surface area contributed by atoms with Gasteiger partial charge < -0.3 is 0 Å². The number of nitrogens with zero attached hydrogens (tertiary/aromatic N) is 3. The van der Waals surface area contributed by atoms with Gasteiger partial charge in [-0.05, 0) is 49.6 Å². The summed E-state index contributed by atoms with van der Waals surface area (Å²) in [6, 6.07) is 8.41. The van der Waals surface area contributed by atoms with E-state index >= 15 is 0 Å². The van der Waals surface area contributed by atoms with Gasteiger partial charge in [0.25, 0.3) is 0 Å². The zero-order valence-electron chi connectivity index (χ0n) is 11.8. The quantitative estimate of drug-likeness (QED) is 0.664. The first-order chi connectivity index (χ1) is 9.60. The second kappa shape index (κ2) is 4.91. The summed E-state index contributed by atoms with van der Waals surface area (Å²) in [6.07, 6.45) is 1.86. The standard InChI is InChI=1S/C16H16ClN3/c1-10-4-5-12(3)14(7-10)20-15(8-17)19-13-6-11(2)9-18-16(13)20/h4-7,9H,8H2,1-3H3. The third-order valence-electron chi connectivity index (χ3n) is 3.43. The molecule has 2 aromatic heterocycles. The molecule has 0 aliphatic heterocycles. The largest absolute Gasteiger partial charge is 0.279 e. The summed E-state index contributed by atoms with van der Waals surface area (Å²) in [7, 11) is 0. The van der Waals surface area contributed by atoms with Crippen molar-refractivity contribution in [2.24, 2.45) is 0 Å². The average Bonchev–Trinajstić information content (AvgIpc) is 2.78. The molecule has 0 aliphatic rings. The maximum absolute atomic E-state index is 6.07. The second-order valence-electron chi connectivity index (χ2n) is 5.14. The molecule has 20 heavy (non-hydrogen) atoms. The number of alkyl halides is 1. The van der Waals surface area contributed by atoms with Crippen LogP contribution in [0.4, 0.5) is 0 Å². The Bertz CT molecular complexity index is 790. The fourth-order valence-electron chi connectivity index (χ4n) is 2.42. The second-order valence-corrected chi connectivity index (χ2v) is 5.41. The number of aryl methyl sites for hydroxylation is 3. The number of halogens is 1. The van der Waals surface area contributed by atoms with Crippen LogP contribution >= 0.6 is 11.6 Å². The van der Waals surface area contributed by atoms with E-state index in [0.29, 0.717) is 5.88 Å². The molecular weight excluding hydrogens is 270 g/mol. The Morgan fingerprint density at radius 1 is 1.10 bits per heavy atom. The van der Waals surface area contributed by atoms with Crippen LogP contribution in [-0.2, 0) is 5.88 Å². The van der Waals surface area contributed by atoms with Crippen molar-refractivity contribution in [1.82, 2.24) is 14.5 Å². The first-order valence-electron chi connectivity index (χ1n) is 6.57. The van der Waals surface area contributed by atoms with Crippen molar-refractivity contribution < 1.29 is 0 Å². The van der Waals surface area contributed by atoms with Gasteiger partial charge in [-0.25, -0.2) is 9.97 Å². The number of benzene rings is 1. The minimum atomic E-state index is 0.364. The van der Waals surface area contributed by atoms with E-state index < -0.39 is 0 Å². The van der Waals surface area contributed by atoms with Crippen LogP contribution in [0.3, 0.4) is 0 Å². The number of hydrogen-bond donors (Lipinski definition) is 0. The summed E-state index contributed by atoms with van der Waals surface area (Å²) in [6.45, 7) is 6.19. The van der Waals surface area contributed by atoms with Crippen LogP contribution in [0.15, 0.2) is 30.5 Å². The number of imidazole rings is 1. The number of pyridine rings is 1. The Hall–Kier alpha value is -1.87. The predicted molar refractivity (Wildman–Crippen MR) is 82.6 cm³/mol. The first kappa shape index (κ1) is 13.1. The zero-order valence-corrected chi connectivity index (χ0v) is 12.6. The summed E-state index contributed by atoms with van der Waals surface area (Å²) < 4.78 is 2.06. The van der Waals surface area contributed by atoms with E-state index in [2.05, 4.69) is 46.6 Å². The third-order valence-corrected chi connectivity index (χ3v) is 3.67. The van der Waals surface area contributed by atoms with Crippen LogP contribution in [-0.4, -0.2) is 14.5 Å². The minimum absolute atomic E-state index is 0.364. The molecule has 0 bridgehead atoms. The molecule has 0 saturated heterocycles. The molecule has 3 aromatic rings. The lowest BCUT2D eigenvalue weighted by Gasteiger charge is -2.11. The van der Waals surface area contributed by atoms with Gasteiger partial charge in [-0.1, -0.05) is 12.1 Å². The summed E-state index contributed by atoms with van der Waals surface area (Å²) in [5.41, 5.74) is 6.34. The highest BCUT2D eigenvalue weighted by atomic mass is 35.5. The molecule has 4 heteroatoms. The molecule has 3 rings (SSSR count). The van der Waals surface area contributed by atoms with Crippen molar-refractivity contribution in [1.29, 1.82) is 0 Å². The topological polar surface area (TPSA) is 30.7 Å². The minimum Gasteiger partial charge on any atom is -0.279 e. The maximum Gasteiger partial charge on any atom is 0.164 e. The van der Waals surface area contributed by atoms with Crippen LogP contribution < -0.4 is 0 Å². The smallest absolute Gasteiger partial charge is 0.164 e. The van der Waals surface area contributed by atoms with Crippen molar-refractivity contribution >= 4 is 22.8 Å². The van der Waals surface area contributed by atoms with Crippen LogP contribution in [0.2, 0.25) is 0 Å². The van der Waals surface area contributed by atoms with E-state index in [1.54, 1.807) is 0 Å². The predicted octanol–water partition coefficient (Wildman–Crippen LogP) is 4.08. The Balaban J connectivity index is 2.37. The highest BCUT2D eigenvalue weighted by Crippen LogP contribution is 2.24. The van der Waals surface area contributed by atoms with Crippen molar-refractivity contribution in [3.05, 3.63) is 53.0 Å². The van der Waals surface area contributed by atoms with Gasteiger partial charge in [0.15, 0.2) is 5.65 Å². The summed E-state index contributed by atoms with van der Waals surface area (Å²) in [5, 5.41) is 0. The van der Waals surface area contributed by atoms with E-state index in [0.717, 1.165) is 28.2 Å². The molecule has 0 atom stereocenters. The highest BCUT2D eigenvalue weighted by molar-refractivity contribution is 6.16. The van der Waals surface area contributed by atoms with Gasteiger partial charge in [0, 0.05) is 6.20 Å². The van der Waals surface area contributed by atoms with Gasteiger partial charge in [0.05, 0.1) is 11.6 Å². The molecule has 2 heterocycles. The molecule has 0 fully saturated rings. The summed E-state index contributed by atoms with van der Waals surface area (Å²) >= 11 is 6.07. The van der Waals surface area contributed by atoms with Crippen molar-refractivity contribution in [3.63, 3.8) is 0 Å². The monoisotopic (exact) mass is 285 g/mol. The lowest BCUT2D eigenvalue weighted by atomic mass is 10.1. The van der Waals surface area contributed by atoms with Crippen LogP contribution in [0.25, 0.3) is 16.9 Å². The zero-order chi connectivity index (χ0) is 14.3. The van der Waals surface area contributed by atoms with E-state index in [1.165, 1.54) is 11.1 Å². The lowest BCUT2D eigenvalue weighted by molar-refractivity contribution is 0.958. The first-order valence-corrected chi connectivity index (χ1v) is 7.11. The highest BCUT2D eigenvalue weighted by Gasteiger charge is 2.14. The van der Waals surface area contributed by atoms with Gasteiger partial charge in [0.2, 0.25) is 0 Å². The van der Waals surface area contributed by atoms with Gasteiger partial charge in [0.1, 0.15) is 11.3 Å². The molecule has 3 nitrogen and oxygen atoms in total. The SMILES string of the molecule is Cc1ccc(C)c(-n2c(CCl)nc3cc(C)cnc32)c1. The number of fused-ring (bicyclic) bond motifs is 1. The van der Waals surface area contributed by atoms with Gasteiger partial charge in [-0.3, -0.25) is 4.57 Å². The number of rotatable bonds is 2. The maximum atomic E-state index is 6.07. The lowest BCUT2D eigenvalue weighted by Crippen LogP contribution is -2.03. The Morgan fingerprint density at radius 3 is 2.65 bits per heavy atom. The molecule has 0 amide bonds. The normalized spacial score (nSPS) is 11.2. The van der Waals surface area contributed by atoms with Crippen LogP contribution in [0.1, 0.15) is 22.5 Å². The molecule has 0 aliphatic carbocycles. The van der Waals surface area contributed by atoms with E-state index in [4.69, 9.17) is 11.6 Å². The van der Waals surface area contributed by atoms with Crippen molar-refractivity contribution in [3.8, 4) is 5.69 Å². The Morgan fingerprint density at radius 2 is 1.90 bits per heavy atom. The average molecular weight is 286 g/mol. The fraction of sp³-hybridized carbons (Fsp3) is 0.250. The molecule has 0 N–H and O–H groups in total. The molecule has 102 valence electrons. The van der Waals surface area contributed by atoms with E-state index in [1.807, 2.05) is 19.2 Å². The van der Waals surface area contributed by atoms with Crippen molar-refractivity contribution in [2.45, 2.75) is 26.7 Å². The third kappa shape index (κ3) is 2.08. The van der Waals surface area contributed by atoms with E-state index in [9.17, 15) is 0 Å². The van der Waals surface area contributed by atoms with Gasteiger partial charge in [-0.15, -0.1) is 11.6 Å². The fourth-order valence-corrected chi connectivity index (χ4v) is 2.59. The van der Waals surface area contributed by atoms with Crippen LogP contribution in [0, 0.1) is 20.8 Å². The molecule has 0 unspecified atom stereocenters. The van der Waals surface area contributed by atoms with E-state index in [-0.39, 0.29) is 0 Å².